The average Bonchev–Trinajstić information content (AvgIpc) is 2.70. The van der Waals surface area contributed by atoms with Crippen molar-refractivity contribution in [2.45, 2.75) is 19.2 Å². The monoisotopic (exact) mass is 224 g/mol. The molecule has 0 bridgehead atoms. The molecule has 3 nitrogen and oxygen atoms in total. The number of alkyl halides is 1. The fourth-order valence-corrected chi connectivity index (χ4v) is 1.84. The highest BCUT2D eigenvalue weighted by molar-refractivity contribution is 6.16. The van der Waals surface area contributed by atoms with Crippen molar-refractivity contribution in [2.75, 3.05) is 7.11 Å². The third-order valence-electron chi connectivity index (χ3n) is 2.45. The number of aromatic nitrogens is 2. The number of ether oxygens (including phenoxy) is 1. The third-order valence-corrected chi connectivity index (χ3v) is 2.70. The van der Waals surface area contributed by atoms with Crippen LogP contribution in [0, 0.1) is 0 Å². The molecule has 0 saturated heterocycles. The number of H-pyrrole nitrogens is 1. The predicted molar refractivity (Wildman–Crippen MR) is 61.6 cm³/mol. The topological polar surface area (TPSA) is 37.9 Å². The van der Waals surface area contributed by atoms with Gasteiger partial charge in [0.05, 0.1) is 18.5 Å². The molecule has 15 heavy (non-hydrogen) atoms. The Morgan fingerprint density at radius 2 is 2.27 bits per heavy atom. The van der Waals surface area contributed by atoms with Crippen molar-refractivity contribution in [1.82, 2.24) is 9.97 Å². The van der Waals surface area contributed by atoms with Crippen LogP contribution >= 0.6 is 11.6 Å². The number of aryl methyl sites for hydroxylation is 1. The van der Waals surface area contributed by atoms with Crippen LogP contribution in [-0.4, -0.2) is 17.1 Å². The molecule has 0 aliphatic rings. The molecule has 0 atom stereocenters. The number of aromatic amines is 1. The normalized spacial score (nSPS) is 10.9. The molecule has 80 valence electrons. The Morgan fingerprint density at radius 1 is 1.47 bits per heavy atom. The molecule has 2 rings (SSSR count). The maximum Gasteiger partial charge on any atom is 0.149 e. The highest BCUT2D eigenvalue weighted by Crippen LogP contribution is 2.28. The van der Waals surface area contributed by atoms with Gasteiger partial charge in [-0.05, 0) is 18.1 Å². The van der Waals surface area contributed by atoms with Gasteiger partial charge in [-0.3, -0.25) is 0 Å². The largest absolute Gasteiger partial charge is 0.494 e. The molecular formula is C11H13ClN2O. The summed E-state index contributed by atoms with van der Waals surface area (Å²) >= 11 is 5.73. The van der Waals surface area contributed by atoms with Gasteiger partial charge in [0.2, 0.25) is 0 Å². The average molecular weight is 225 g/mol. The molecule has 0 amide bonds. The van der Waals surface area contributed by atoms with Crippen LogP contribution in [0.1, 0.15) is 18.3 Å². The zero-order chi connectivity index (χ0) is 10.8. The lowest BCUT2D eigenvalue weighted by Gasteiger charge is -2.06. The van der Waals surface area contributed by atoms with Gasteiger partial charge in [0.25, 0.3) is 0 Å². The molecule has 0 aliphatic carbocycles. The highest BCUT2D eigenvalue weighted by Gasteiger charge is 2.10. The van der Waals surface area contributed by atoms with Crippen molar-refractivity contribution in [3.8, 4) is 5.75 Å². The van der Waals surface area contributed by atoms with Crippen molar-refractivity contribution in [1.29, 1.82) is 0 Å². The van der Waals surface area contributed by atoms with E-state index in [-0.39, 0.29) is 0 Å². The summed E-state index contributed by atoms with van der Waals surface area (Å²) in [4.78, 5) is 7.55. The summed E-state index contributed by atoms with van der Waals surface area (Å²) in [6, 6.07) is 4.07. The van der Waals surface area contributed by atoms with Crippen LogP contribution in [0.5, 0.6) is 5.75 Å². The lowest BCUT2D eigenvalue weighted by molar-refractivity contribution is 0.414. The standard InChI is InChI=1S/C11H13ClN2O/c1-3-7-4-5-8-10(11(7)15-2)14-9(6-12)13-8/h4-5H,3,6H2,1-2H3,(H,13,14). The first-order valence-corrected chi connectivity index (χ1v) is 5.44. The van der Waals surface area contributed by atoms with E-state index >= 15 is 0 Å². The molecular weight excluding hydrogens is 212 g/mol. The smallest absolute Gasteiger partial charge is 0.149 e. The number of imidazole rings is 1. The molecule has 0 fully saturated rings. The van der Waals surface area contributed by atoms with E-state index in [2.05, 4.69) is 23.0 Å². The van der Waals surface area contributed by atoms with Crippen LogP contribution in [0.3, 0.4) is 0 Å². The molecule has 0 radical (unpaired) electrons. The van der Waals surface area contributed by atoms with E-state index in [9.17, 15) is 0 Å². The number of methoxy groups -OCH3 is 1. The second kappa shape index (κ2) is 4.11. The summed E-state index contributed by atoms with van der Waals surface area (Å²) in [5.41, 5.74) is 3.00. The van der Waals surface area contributed by atoms with Gasteiger partial charge in [0, 0.05) is 0 Å². The van der Waals surface area contributed by atoms with Gasteiger partial charge in [-0.2, -0.15) is 0 Å². The van der Waals surface area contributed by atoms with Gasteiger partial charge in [-0.15, -0.1) is 11.6 Å². The number of hydrogen-bond acceptors (Lipinski definition) is 2. The zero-order valence-corrected chi connectivity index (χ0v) is 9.56. The molecule has 1 aromatic heterocycles. The molecule has 4 heteroatoms. The first-order valence-electron chi connectivity index (χ1n) is 4.90. The van der Waals surface area contributed by atoms with Gasteiger partial charge in [0.1, 0.15) is 17.1 Å². The van der Waals surface area contributed by atoms with Gasteiger partial charge in [-0.25, -0.2) is 4.98 Å². The Labute approximate surface area is 93.4 Å². The maximum atomic E-state index is 5.73. The Bertz CT molecular complexity index is 479. The number of fused-ring (bicyclic) bond motifs is 1. The van der Waals surface area contributed by atoms with E-state index in [0.717, 1.165) is 34.6 Å². The first-order chi connectivity index (χ1) is 7.30. The predicted octanol–water partition coefficient (Wildman–Crippen LogP) is 2.87. The highest BCUT2D eigenvalue weighted by atomic mass is 35.5. The Hall–Kier alpha value is -1.22. The minimum atomic E-state index is 0.388. The zero-order valence-electron chi connectivity index (χ0n) is 8.80. The summed E-state index contributed by atoms with van der Waals surface area (Å²) in [5.74, 6) is 2.01. The molecule has 1 N–H and O–H groups in total. The van der Waals surface area contributed by atoms with Crippen LogP contribution in [0.15, 0.2) is 12.1 Å². The molecule has 0 spiro atoms. The number of rotatable bonds is 3. The van der Waals surface area contributed by atoms with Crippen LogP contribution in [0.4, 0.5) is 0 Å². The fourth-order valence-electron chi connectivity index (χ4n) is 1.71. The van der Waals surface area contributed by atoms with Gasteiger partial charge in [0.15, 0.2) is 0 Å². The summed E-state index contributed by atoms with van der Waals surface area (Å²) < 4.78 is 5.38. The van der Waals surface area contributed by atoms with Gasteiger partial charge >= 0.3 is 0 Å². The van der Waals surface area contributed by atoms with E-state index in [0.29, 0.717) is 5.88 Å². The molecule has 2 aromatic rings. The molecule has 1 aromatic carbocycles. The number of nitrogens with one attached hydrogen (secondary N) is 1. The number of nitrogens with zero attached hydrogens (tertiary/aromatic N) is 1. The second-order valence-electron chi connectivity index (χ2n) is 3.32. The summed E-state index contributed by atoms with van der Waals surface area (Å²) in [7, 11) is 1.67. The lowest BCUT2D eigenvalue weighted by Crippen LogP contribution is -1.91. The summed E-state index contributed by atoms with van der Waals surface area (Å²) in [5, 5.41) is 0. The van der Waals surface area contributed by atoms with Gasteiger partial charge in [-0.1, -0.05) is 13.0 Å². The van der Waals surface area contributed by atoms with Crippen LogP contribution < -0.4 is 4.74 Å². The molecule has 1 heterocycles. The van der Waals surface area contributed by atoms with E-state index < -0.39 is 0 Å². The van der Waals surface area contributed by atoms with E-state index in [1.54, 1.807) is 7.11 Å². The van der Waals surface area contributed by atoms with Crippen LogP contribution in [0.25, 0.3) is 11.0 Å². The quantitative estimate of drug-likeness (QED) is 0.815. The lowest BCUT2D eigenvalue weighted by atomic mass is 10.1. The number of hydrogen-bond donors (Lipinski definition) is 1. The van der Waals surface area contributed by atoms with Crippen molar-refractivity contribution in [2.24, 2.45) is 0 Å². The SMILES string of the molecule is CCc1ccc2[nH]c(CCl)nc2c1OC. The van der Waals surface area contributed by atoms with Crippen LogP contribution in [-0.2, 0) is 12.3 Å². The molecule has 0 saturated carbocycles. The van der Waals surface area contributed by atoms with Crippen molar-refractivity contribution < 1.29 is 4.74 Å². The summed E-state index contributed by atoms with van der Waals surface area (Å²) in [6.45, 7) is 2.10. The van der Waals surface area contributed by atoms with Crippen molar-refractivity contribution >= 4 is 22.6 Å². The second-order valence-corrected chi connectivity index (χ2v) is 3.59. The van der Waals surface area contributed by atoms with Crippen molar-refractivity contribution in [3.63, 3.8) is 0 Å². The van der Waals surface area contributed by atoms with Crippen molar-refractivity contribution in [3.05, 3.63) is 23.5 Å². The number of halogens is 1. The minimum absolute atomic E-state index is 0.388. The first kappa shape index (κ1) is 10.3. The Balaban J connectivity index is 2.69. The van der Waals surface area contributed by atoms with Gasteiger partial charge < -0.3 is 9.72 Å². The molecule has 0 unspecified atom stereocenters. The van der Waals surface area contributed by atoms with E-state index in [1.807, 2.05) is 6.07 Å². The Kier molecular flexibility index (Phi) is 2.82. The number of benzene rings is 1. The minimum Gasteiger partial charge on any atom is -0.494 e. The Morgan fingerprint density at radius 3 is 2.87 bits per heavy atom. The van der Waals surface area contributed by atoms with Crippen LogP contribution in [0.2, 0.25) is 0 Å². The van der Waals surface area contributed by atoms with E-state index in [1.165, 1.54) is 0 Å². The molecule has 0 aliphatic heterocycles. The fraction of sp³-hybridized carbons (Fsp3) is 0.364. The third kappa shape index (κ3) is 1.67. The maximum absolute atomic E-state index is 5.73. The summed E-state index contributed by atoms with van der Waals surface area (Å²) in [6.07, 6.45) is 0.933. The van der Waals surface area contributed by atoms with E-state index in [4.69, 9.17) is 16.3 Å².